The highest BCUT2D eigenvalue weighted by molar-refractivity contribution is 14.0. The molecule has 2 aromatic carbocycles. The standard InChI is InChI=1S/C25H33FN4O2.HI/c1-18(21-11-12-23(22(26)15-21)32-17-20-9-10-20)29-25(27-2)28-14-13-24(31)30(3)16-19-7-5-4-6-8-19;/h4-8,11-12,15,18,20H,9-10,13-14,16-17H2,1-3H3,(H2,27,28,29);1H. The molecule has 1 aliphatic carbocycles. The molecule has 0 aliphatic heterocycles. The Labute approximate surface area is 213 Å². The summed E-state index contributed by atoms with van der Waals surface area (Å²) >= 11 is 0. The highest BCUT2D eigenvalue weighted by Gasteiger charge is 2.22. The molecule has 1 aliphatic rings. The van der Waals surface area contributed by atoms with Crippen LogP contribution >= 0.6 is 24.0 Å². The molecule has 0 saturated heterocycles. The fourth-order valence-corrected chi connectivity index (χ4v) is 3.30. The van der Waals surface area contributed by atoms with Crippen molar-refractivity contribution < 1.29 is 13.9 Å². The zero-order chi connectivity index (χ0) is 22.9. The molecule has 0 heterocycles. The number of aliphatic imine (C=N–C) groups is 1. The third-order valence-electron chi connectivity index (χ3n) is 5.52. The highest BCUT2D eigenvalue weighted by Crippen LogP contribution is 2.30. The van der Waals surface area contributed by atoms with E-state index < -0.39 is 0 Å². The molecule has 1 fully saturated rings. The Morgan fingerprint density at radius 1 is 1.24 bits per heavy atom. The molecule has 0 bridgehead atoms. The molecular formula is C25H34FIN4O2. The van der Waals surface area contributed by atoms with Gasteiger partial charge in [-0.3, -0.25) is 9.79 Å². The van der Waals surface area contributed by atoms with E-state index in [1.165, 1.54) is 18.9 Å². The predicted molar refractivity (Wildman–Crippen MR) is 140 cm³/mol. The summed E-state index contributed by atoms with van der Waals surface area (Å²) in [5.41, 5.74) is 1.89. The van der Waals surface area contributed by atoms with Crippen molar-refractivity contribution in [1.29, 1.82) is 0 Å². The van der Waals surface area contributed by atoms with Crippen LogP contribution in [-0.4, -0.2) is 44.0 Å². The molecule has 0 radical (unpaired) electrons. The second-order valence-electron chi connectivity index (χ2n) is 8.29. The molecule has 2 aromatic rings. The zero-order valence-corrected chi connectivity index (χ0v) is 21.8. The van der Waals surface area contributed by atoms with E-state index in [4.69, 9.17) is 4.74 Å². The van der Waals surface area contributed by atoms with Crippen molar-refractivity contribution in [2.75, 3.05) is 27.2 Å². The number of hydrogen-bond donors (Lipinski definition) is 2. The van der Waals surface area contributed by atoms with Crippen LogP contribution in [0.5, 0.6) is 5.75 Å². The molecule has 1 unspecified atom stereocenters. The summed E-state index contributed by atoms with van der Waals surface area (Å²) in [5, 5.41) is 6.40. The molecule has 1 atom stereocenters. The number of benzene rings is 2. The maximum Gasteiger partial charge on any atom is 0.224 e. The number of carbonyl (C=O) groups excluding carboxylic acids is 1. The number of halogens is 2. The summed E-state index contributed by atoms with van der Waals surface area (Å²) in [5.74, 6) is 1.13. The molecule has 6 nitrogen and oxygen atoms in total. The third kappa shape index (κ3) is 8.83. The molecule has 0 spiro atoms. The molecule has 8 heteroatoms. The maximum atomic E-state index is 14.4. The first-order valence-electron chi connectivity index (χ1n) is 11.1. The monoisotopic (exact) mass is 568 g/mol. The minimum absolute atomic E-state index is 0. The van der Waals surface area contributed by atoms with Crippen LogP contribution in [0.1, 0.15) is 43.4 Å². The van der Waals surface area contributed by atoms with Gasteiger partial charge in [0.1, 0.15) is 0 Å². The average Bonchev–Trinajstić information content (AvgIpc) is 3.62. The van der Waals surface area contributed by atoms with Crippen molar-refractivity contribution >= 4 is 35.8 Å². The number of rotatable bonds is 10. The fraction of sp³-hybridized carbons (Fsp3) is 0.440. The quantitative estimate of drug-likeness (QED) is 0.252. The molecule has 3 rings (SSSR count). The van der Waals surface area contributed by atoms with E-state index in [0.717, 1.165) is 11.1 Å². The number of carbonyl (C=O) groups is 1. The van der Waals surface area contributed by atoms with Gasteiger partial charge in [-0.15, -0.1) is 24.0 Å². The number of nitrogens with one attached hydrogen (secondary N) is 2. The Kier molecular flexibility index (Phi) is 10.9. The van der Waals surface area contributed by atoms with E-state index in [-0.39, 0.29) is 41.7 Å². The Bertz CT molecular complexity index is 922. The third-order valence-corrected chi connectivity index (χ3v) is 5.52. The van der Waals surface area contributed by atoms with Gasteiger partial charge in [0, 0.05) is 33.6 Å². The van der Waals surface area contributed by atoms with Crippen molar-refractivity contribution in [3.8, 4) is 5.75 Å². The topological polar surface area (TPSA) is 66.0 Å². The fourth-order valence-electron chi connectivity index (χ4n) is 3.30. The first-order valence-corrected chi connectivity index (χ1v) is 11.1. The summed E-state index contributed by atoms with van der Waals surface area (Å²) in [6.07, 6.45) is 2.68. The second kappa shape index (κ2) is 13.4. The Morgan fingerprint density at radius 2 is 1.97 bits per heavy atom. The highest BCUT2D eigenvalue weighted by atomic mass is 127. The molecule has 1 saturated carbocycles. The summed E-state index contributed by atoms with van der Waals surface area (Å²) in [6, 6.07) is 14.8. The van der Waals surface area contributed by atoms with Gasteiger partial charge in [0.25, 0.3) is 0 Å². The van der Waals surface area contributed by atoms with E-state index in [0.29, 0.717) is 43.7 Å². The van der Waals surface area contributed by atoms with Crippen molar-refractivity contribution in [1.82, 2.24) is 15.5 Å². The van der Waals surface area contributed by atoms with Gasteiger partial charge < -0.3 is 20.3 Å². The summed E-state index contributed by atoms with van der Waals surface area (Å²) in [4.78, 5) is 18.3. The average molecular weight is 568 g/mol. The first-order chi connectivity index (χ1) is 15.5. The minimum atomic E-state index is -0.355. The van der Waals surface area contributed by atoms with Gasteiger partial charge in [-0.2, -0.15) is 0 Å². The van der Waals surface area contributed by atoms with E-state index in [1.54, 1.807) is 25.1 Å². The maximum absolute atomic E-state index is 14.4. The minimum Gasteiger partial charge on any atom is -0.490 e. The normalized spacial score (nSPS) is 14.1. The largest absolute Gasteiger partial charge is 0.490 e. The summed E-state index contributed by atoms with van der Waals surface area (Å²) in [6.45, 7) is 3.55. The van der Waals surface area contributed by atoms with Crippen molar-refractivity contribution in [3.05, 3.63) is 65.5 Å². The molecule has 1 amide bonds. The van der Waals surface area contributed by atoms with E-state index >= 15 is 0 Å². The Morgan fingerprint density at radius 3 is 2.61 bits per heavy atom. The van der Waals surface area contributed by atoms with Crippen LogP contribution in [0, 0.1) is 11.7 Å². The van der Waals surface area contributed by atoms with Crippen molar-refractivity contribution in [3.63, 3.8) is 0 Å². The van der Waals surface area contributed by atoms with E-state index in [1.807, 2.05) is 43.3 Å². The van der Waals surface area contributed by atoms with Gasteiger partial charge >= 0.3 is 0 Å². The van der Waals surface area contributed by atoms with Crippen LogP contribution in [0.25, 0.3) is 0 Å². The van der Waals surface area contributed by atoms with Crippen LogP contribution in [0.4, 0.5) is 4.39 Å². The van der Waals surface area contributed by atoms with Crippen LogP contribution < -0.4 is 15.4 Å². The predicted octanol–water partition coefficient (Wildman–Crippen LogP) is 4.51. The number of ether oxygens (including phenoxy) is 1. The van der Waals surface area contributed by atoms with Gasteiger partial charge in [-0.25, -0.2) is 4.39 Å². The van der Waals surface area contributed by atoms with Crippen molar-refractivity contribution in [2.24, 2.45) is 10.9 Å². The lowest BCUT2D eigenvalue weighted by molar-refractivity contribution is -0.130. The van der Waals surface area contributed by atoms with Gasteiger partial charge in [0.15, 0.2) is 17.5 Å². The smallest absolute Gasteiger partial charge is 0.224 e. The molecular weight excluding hydrogens is 534 g/mol. The van der Waals surface area contributed by atoms with Crippen LogP contribution in [0.2, 0.25) is 0 Å². The van der Waals surface area contributed by atoms with Gasteiger partial charge in [0.2, 0.25) is 5.91 Å². The van der Waals surface area contributed by atoms with E-state index in [2.05, 4.69) is 15.6 Å². The summed E-state index contributed by atoms with van der Waals surface area (Å²) in [7, 11) is 3.47. The number of amides is 1. The zero-order valence-electron chi connectivity index (χ0n) is 19.5. The molecule has 2 N–H and O–H groups in total. The Balaban J connectivity index is 0.00000385. The van der Waals surface area contributed by atoms with Gasteiger partial charge in [-0.1, -0.05) is 36.4 Å². The van der Waals surface area contributed by atoms with Gasteiger partial charge in [-0.05, 0) is 48.9 Å². The molecule has 180 valence electrons. The van der Waals surface area contributed by atoms with Crippen molar-refractivity contribution in [2.45, 2.75) is 38.8 Å². The second-order valence-corrected chi connectivity index (χ2v) is 8.29. The first kappa shape index (κ1) is 26.9. The van der Waals surface area contributed by atoms with Crippen LogP contribution in [0.3, 0.4) is 0 Å². The lowest BCUT2D eigenvalue weighted by Crippen LogP contribution is -2.40. The van der Waals surface area contributed by atoms with Crippen LogP contribution in [-0.2, 0) is 11.3 Å². The number of guanidine groups is 1. The summed E-state index contributed by atoms with van der Waals surface area (Å²) < 4.78 is 19.9. The number of hydrogen-bond acceptors (Lipinski definition) is 3. The number of nitrogens with zero attached hydrogens (tertiary/aromatic N) is 2. The lowest BCUT2D eigenvalue weighted by Gasteiger charge is -2.20. The van der Waals surface area contributed by atoms with Crippen LogP contribution in [0.15, 0.2) is 53.5 Å². The Hall–Kier alpha value is -2.36. The SMILES string of the molecule is CN=C(NCCC(=O)N(C)Cc1ccccc1)NC(C)c1ccc(OCC2CC2)c(F)c1.I. The lowest BCUT2D eigenvalue weighted by atomic mass is 10.1. The van der Waals surface area contributed by atoms with E-state index in [9.17, 15) is 9.18 Å². The van der Waals surface area contributed by atoms with Gasteiger partial charge in [0.05, 0.1) is 12.6 Å². The molecule has 0 aromatic heterocycles. The molecule has 33 heavy (non-hydrogen) atoms.